The van der Waals surface area contributed by atoms with Crippen LogP contribution < -0.4 is 5.32 Å². The SMILES string of the molecule is CSc1cc(C(F)(F)F)ccc1C(=O)NC1(c2ccccc2)CCC2CCCCN2C1. The predicted octanol–water partition coefficient (Wildman–Crippen LogP) is 5.70. The number of halogens is 3. The Labute approximate surface area is 185 Å². The Balaban J connectivity index is 1.66. The average Bonchev–Trinajstić information content (AvgIpc) is 2.78. The van der Waals surface area contributed by atoms with Crippen LogP contribution in [0.2, 0.25) is 0 Å². The van der Waals surface area contributed by atoms with Gasteiger partial charge in [-0.3, -0.25) is 9.69 Å². The summed E-state index contributed by atoms with van der Waals surface area (Å²) < 4.78 is 39.4. The van der Waals surface area contributed by atoms with Crippen molar-refractivity contribution in [3.8, 4) is 0 Å². The number of fused-ring (bicyclic) bond motifs is 1. The number of carbonyl (C=O) groups excluding carboxylic acids is 1. The molecule has 31 heavy (non-hydrogen) atoms. The van der Waals surface area contributed by atoms with Crippen LogP contribution in [0.25, 0.3) is 0 Å². The molecule has 1 amide bonds. The molecule has 0 radical (unpaired) electrons. The summed E-state index contributed by atoms with van der Waals surface area (Å²) in [7, 11) is 0. The molecule has 0 aromatic heterocycles. The minimum atomic E-state index is -4.43. The molecule has 2 aliphatic rings. The second kappa shape index (κ2) is 8.87. The van der Waals surface area contributed by atoms with Gasteiger partial charge in [-0.25, -0.2) is 0 Å². The van der Waals surface area contributed by atoms with E-state index in [-0.39, 0.29) is 11.5 Å². The van der Waals surface area contributed by atoms with Gasteiger partial charge in [0.05, 0.1) is 16.7 Å². The number of hydrogen-bond acceptors (Lipinski definition) is 3. The fraction of sp³-hybridized carbons (Fsp3) is 0.458. The molecule has 2 aliphatic heterocycles. The van der Waals surface area contributed by atoms with Crippen LogP contribution >= 0.6 is 11.8 Å². The lowest BCUT2D eigenvalue weighted by atomic mass is 9.77. The molecule has 1 N–H and O–H groups in total. The van der Waals surface area contributed by atoms with Crippen molar-refractivity contribution in [1.82, 2.24) is 10.2 Å². The Hall–Kier alpha value is -1.99. The molecule has 0 aliphatic carbocycles. The number of nitrogens with zero attached hydrogens (tertiary/aromatic N) is 1. The normalized spacial score (nSPS) is 24.5. The highest BCUT2D eigenvalue weighted by Crippen LogP contribution is 2.38. The second-order valence-electron chi connectivity index (χ2n) is 8.47. The minimum Gasteiger partial charge on any atom is -0.341 e. The van der Waals surface area contributed by atoms with Gasteiger partial charge in [0.25, 0.3) is 5.91 Å². The van der Waals surface area contributed by atoms with E-state index in [4.69, 9.17) is 0 Å². The third-order valence-electron chi connectivity index (χ3n) is 6.58. The molecule has 3 nitrogen and oxygen atoms in total. The van der Waals surface area contributed by atoms with E-state index >= 15 is 0 Å². The van der Waals surface area contributed by atoms with Gasteiger partial charge in [-0.1, -0.05) is 36.8 Å². The monoisotopic (exact) mass is 448 g/mol. The molecule has 2 atom stereocenters. The van der Waals surface area contributed by atoms with Crippen LogP contribution in [0.3, 0.4) is 0 Å². The van der Waals surface area contributed by atoms with Gasteiger partial charge in [0, 0.05) is 17.5 Å². The van der Waals surface area contributed by atoms with Gasteiger partial charge in [0.2, 0.25) is 0 Å². The number of hydrogen-bond donors (Lipinski definition) is 1. The number of benzene rings is 2. The quantitative estimate of drug-likeness (QED) is 0.609. The van der Waals surface area contributed by atoms with Crippen molar-refractivity contribution in [2.45, 2.75) is 54.8 Å². The molecule has 2 unspecified atom stereocenters. The standard InChI is InChI=1S/C24H27F3N2OS/c1-31-21-15-18(24(25,26)27)10-11-20(21)22(30)28-23(17-7-3-2-4-8-17)13-12-19-9-5-6-14-29(19)16-23/h2-4,7-8,10-11,15,19H,5-6,9,12-14,16H2,1H3,(H,28,30). The van der Waals surface area contributed by atoms with E-state index in [1.165, 1.54) is 18.9 Å². The highest BCUT2D eigenvalue weighted by atomic mass is 32.2. The van der Waals surface area contributed by atoms with Gasteiger partial charge in [0.1, 0.15) is 0 Å². The van der Waals surface area contributed by atoms with Gasteiger partial charge in [0.15, 0.2) is 0 Å². The van der Waals surface area contributed by atoms with E-state index < -0.39 is 17.3 Å². The van der Waals surface area contributed by atoms with Crippen LogP contribution in [-0.2, 0) is 11.7 Å². The fourth-order valence-corrected chi connectivity index (χ4v) is 5.57. The maximum absolute atomic E-state index is 13.4. The summed E-state index contributed by atoms with van der Waals surface area (Å²) in [5.74, 6) is -0.322. The summed E-state index contributed by atoms with van der Waals surface area (Å²) in [6.45, 7) is 1.74. The van der Waals surface area contributed by atoms with Crippen LogP contribution in [0.5, 0.6) is 0 Å². The summed E-state index contributed by atoms with van der Waals surface area (Å²) in [4.78, 5) is 16.2. The Morgan fingerprint density at radius 3 is 2.61 bits per heavy atom. The second-order valence-corrected chi connectivity index (χ2v) is 9.32. The average molecular weight is 449 g/mol. The van der Waals surface area contributed by atoms with E-state index in [2.05, 4.69) is 10.2 Å². The minimum absolute atomic E-state index is 0.288. The summed E-state index contributed by atoms with van der Waals surface area (Å²) in [6.07, 6.45) is 2.67. The Bertz CT molecular complexity index is 934. The zero-order chi connectivity index (χ0) is 22.1. The number of thioether (sulfide) groups is 1. The lowest BCUT2D eigenvalue weighted by molar-refractivity contribution is -0.137. The molecule has 166 valence electrons. The number of amides is 1. The molecule has 4 rings (SSSR count). The van der Waals surface area contributed by atoms with Crippen molar-refractivity contribution < 1.29 is 18.0 Å². The summed E-state index contributed by atoms with van der Waals surface area (Å²) in [5, 5.41) is 3.26. The Kier molecular flexibility index (Phi) is 6.35. The first-order valence-corrected chi connectivity index (χ1v) is 11.9. The molecular formula is C24H27F3N2OS. The summed E-state index contributed by atoms with van der Waals surface area (Å²) in [6, 6.07) is 13.9. The summed E-state index contributed by atoms with van der Waals surface area (Å²) >= 11 is 1.16. The number of nitrogens with one attached hydrogen (secondary N) is 1. The van der Waals surface area contributed by atoms with Crippen LogP contribution in [0.4, 0.5) is 13.2 Å². The van der Waals surface area contributed by atoms with Crippen molar-refractivity contribution in [1.29, 1.82) is 0 Å². The largest absolute Gasteiger partial charge is 0.416 e. The topological polar surface area (TPSA) is 32.3 Å². The van der Waals surface area contributed by atoms with Crippen LogP contribution in [0, 0.1) is 0 Å². The lowest BCUT2D eigenvalue weighted by Crippen LogP contribution is -2.60. The number of rotatable bonds is 4. The first kappa shape index (κ1) is 22.2. The fourth-order valence-electron chi connectivity index (χ4n) is 4.94. The molecule has 2 saturated heterocycles. The number of carbonyl (C=O) groups is 1. The third kappa shape index (κ3) is 4.62. The van der Waals surface area contributed by atoms with Gasteiger partial charge < -0.3 is 5.32 Å². The van der Waals surface area contributed by atoms with Gasteiger partial charge >= 0.3 is 6.18 Å². The van der Waals surface area contributed by atoms with Crippen molar-refractivity contribution in [2.75, 3.05) is 19.3 Å². The van der Waals surface area contributed by atoms with Crippen LogP contribution in [-0.4, -0.2) is 36.2 Å². The zero-order valence-corrected chi connectivity index (χ0v) is 18.4. The molecular weight excluding hydrogens is 421 g/mol. The van der Waals surface area contributed by atoms with Crippen LogP contribution in [0.1, 0.15) is 53.6 Å². The Morgan fingerprint density at radius 2 is 1.90 bits per heavy atom. The molecule has 2 aromatic carbocycles. The zero-order valence-electron chi connectivity index (χ0n) is 17.5. The molecule has 2 aromatic rings. The lowest BCUT2D eigenvalue weighted by Gasteiger charge is -2.49. The van der Waals surface area contributed by atoms with E-state index in [1.54, 1.807) is 6.26 Å². The molecule has 2 heterocycles. The predicted molar refractivity (Wildman–Crippen MR) is 117 cm³/mol. The third-order valence-corrected chi connectivity index (χ3v) is 7.36. The van der Waals surface area contributed by atoms with Gasteiger partial charge in [-0.15, -0.1) is 11.8 Å². The summed E-state index contributed by atoms with van der Waals surface area (Å²) in [5.41, 5.74) is 0.0476. The van der Waals surface area contributed by atoms with E-state index in [0.29, 0.717) is 10.9 Å². The maximum Gasteiger partial charge on any atom is 0.416 e. The highest BCUT2D eigenvalue weighted by Gasteiger charge is 2.43. The molecule has 2 fully saturated rings. The van der Waals surface area contributed by atoms with Crippen molar-refractivity contribution >= 4 is 17.7 Å². The molecule has 0 bridgehead atoms. The number of piperidine rings is 2. The van der Waals surface area contributed by atoms with Crippen molar-refractivity contribution in [3.05, 3.63) is 65.2 Å². The van der Waals surface area contributed by atoms with E-state index in [0.717, 1.165) is 61.8 Å². The maximum atomic E-state index is 13.4. The highest BCUT2D eigenvalue weighted by molar-refractivity contribution is 7.98. The van der Waals surface area contributed by atoms with E-state index in [9.17, 15) is 18.0 Å². The molecule has 7 heteroatoms. The molecule has 0 spiro atoms. The Morgan fingerprint density at radius 1 is 1.13 bits per heavy atom. The van der Waals surface area contributed by atoms with Gasteiger partial charge in [-0.05, 0) is 62.2 Å². The first-order valence-electron chi connectivity index (χ1n) is 10.7. The smallest absolute Gasteiger partial charge is 0.341 e. The molecule has 0 saturated carbocycles. The van der Waals surface area contributed by atoms with Crippen molar-refractivity contribution in [2.24, 2.45) is 0 Å². The van der Waals surface area contributed by atoms with Crippen molar-refractivity contribution in [3.63, 3.8) is 0 Å². The number of alkyl halides is 3. The van der Waals surface area contributed by atoms with Crippen LogP contribution in [0.15, 0.2) is 53.4 Å². The van der Waals surface area contributed by atoms with Gasteiger partial charge in [-0.2, -0.15) is 13.2 Å². The first-order chi connectivity index (χ1) is 14.8. The van der Waals surface area contributed by atoms with E-state index in [1.807, 2.05) is 30.3 Å².